The Morgan fingerprint density at radius 3 is 2.75 bits per heavy atom. The third-order valence-electron chi connectivity index (χ3n) is 3.17. The molecule has 6 nitrogen and oxygen atoms in total. The number of aromatic nitrogens is 2. The predicted octanol–water partition coefficient (Wildman–Crippen LogP) is 2.02. The number of amides is 2. The van der Waals surface area contributed by atoms with Crippen LogP contribution >= 0.6 is 0 Å². The minimum atomic E-state index is -2.73. The second-order valence-electron chi connectivity index (χ2n) is 4.97. The van der Waals surface area contributed by atoms with Gasteiger partial charge in [-0.3, -0.25) is 14.2 Å². The molecule has 0 radical (unpaired) electrons. The Kier molecular flexibility index (Phi) is 5.56. The summed E-state index contributed by atoms with van der Waals surface area (Å²) in [6.45, 7) is -1.09. The number of nitrogens with one attached hydrogen (secondary N) is 2. The maximum Gasteiger partial charge on any atom is 0.319 e. The summed E-state index contributed by atoms with van der Waals surface area (Å²) < 4.78 is 39.4. The molecule has 2 rings (SSSR count). The minimum absolute atomic E-state index is 0.0230. The third-order valence-corrected chi connectivity index (χ3v) is 3.17. The van der Waals surface area contributed by atoms with Crippen molar-refractivity contribution in [1.29, 1.82) is 0 Å². The molecule has 2 N–H and O–H groups in total. The molecular formula is C15H15F3N4O2. The summed E-state index contributed by atoms with van der Waals surface area (Å²) in [5.41, 5.74) is 0.606. The molecule has 0 aliphatic carbocycles. The van der Waals surface area contributed by atoms with E-state index in [0.29, 0.717) is 10.1 Å². The highest BCUT2D eigenvalue weighted by molar-refractivity contribution is 6.39. The number of anilines is 1. The van der Waals surface area contributed by atoms with Crippen molar-refractivity contribution in [2.45, 2.75) is 19.9 Å². The molecular weight excluding hydrogens is 325 g/mol. The molecule has 1 heterocycles. The monoisotopic (exact) mass is 340 g/mol. The number of aryl methyl sites for hydroxylation is 1. The number of carbonyl (C=O) groups excluding carboxylic acids is 2. The number of nitrogens with zero attached hydrogens (tertiary/aromatic N) is 2. The molecule has 128 valence electrons. The Morgan fingerprint density at radius 2 is 2.04 bits per heavy atom. The average Bonchev–Trinajstić information content (AvgIpc) is 2.99. The SMILES string of the molecule is Cc1ccc(F)c(NC(=O)C(=O)NCCc2nccn2C(F)F)c1. The lowest BCUT2D eigenvalue weighted by Gasteiger charge is -2.09. The smallest absolute Gasteiger partial charge is 0.319 e. The van der Waals surface area contributed by atoms with Gasteiger partial charge in [-0.05, 0) is 24.6 Å². The highest BCUT2D eigenvalue weighted by Crippen LogP contribution is 2.15. The number of benzene rings is 1. The van der Waals surface area contributed by atoms with Crippen LogP contribution in [0.4, 0.5) is 18.9 Å². The third kappa shape index (κ3) is 4.34. The lowest BCUT2D eigenvalue weighted by Crippen LogP contribution is -2.36. The first-order valence-corrected chi connectivity index (χ1v) is 7.03. The summed E-state index contributed by atoms with van der Waals surface area (Å²) in [5, 5.41) is 4.43. The zero-order chi connectivity index (χ0) is 17.7. The number of hydrogen-bond donors (Lipinski definition) is 2. The zero-order valence-corrected chi connectivity index (χ0v) is 12.7. The molecule has 0 saturated carbocycles. The number of imidazole rings is 1. The van der Waals surface area contributed by atoms with Gasteiger partial charge in [0.05, 0.1) is 5.69 Å². The Balaban J connectivity index is 1.87. The second kappa shape index (κ2) is 7.62. The van der Waals surface area contributed by atoms with E-state index in [2.05, 4.69) is 15.6 Å². The van der Waals surface area contributed by atoms with E-state index in [1.807, 2.05) is 0 Å². The van der Waals surface area contributed by atoms with Crippen LogP contribution in [0.5, 0.6) is 0 Å². The average molecular weight is 340 g/mol. The Hall–Kier alpha value is -2.84. The van der Waals surface area contributed by atoms with Crippen LogP contribution in [0, 0.1) is 12.7 Å². The topological polar surface area (TPSA) is 76.0 Å². The van der Waals surface area contributed by atoms with Gasteiger partial charge in [-0.1, -0.05) is 6.07 Å². The lowest BCUT2D eigenvalue weighted by atomic mass is 10.2. The molecule has 0 aliphatic heterocycles. The molecule has 9 heteroatoms. The van der Waals surface area contributed by atoms with E-state index in [1.54, 1.807) is 6.92 Å². The van der Waals surface area contributed by atoms with E-state index in [-0.39, 0.29) is 24.5 Å². The summed E-state index contributed by atoms with van der Waals surface area (Å²) >= 11 is 0. The number of alkyl halides is 2. The summed E-state index contributed by atoms with van der Waals surface area (Å²) in [6, 6.07) is 4.09. The van der Waals surface area contributed by atoms with Gasteiger partial charge in [0.2, 0.25) is 0 Å². The molecule has 0 saturated heterocycles. The summed E-state index contributed by atoms with van der Waals surface area (Å²) in [5.74, 6) is -2.63. The minimum Gasteiger partial charge on any atom is -0.347 e. The van der Waals surface area contributed by atoms with Crippen molar-refractivity contribution in [3.8, 4) is 0 Å². The van der Waals surface area contributed by atoms with Crippen LogP contribution < -0.4 is 10.6 Å². The molecule has 2 amide bonds. The van der Waals surface area contributed by atoms with Gasteiger partial charge in [-0.15, -0.1) is 0 Å². The van der Waals surface area contributed by atoms with Gasteiger partial charge in [0.15, 0.2) is 0 Å². The van der Waals surface area contributed by atoms with E-state index in [9.17, 15) is 22.8 Å². The number of hydrogen-bond acceptors (Lipinski definition) is 3. The van der Waals surface area contributed by atoms with Crippen molar-refractivity contribution in [2.24, 2.45) is 0 Å². The van der Waals surface area contributed by atoms with Gasteiger partial charge in [0.25, 0.3) is 0 Å². The van der Waals surface area contributed by atoms with Gasteiger partial charge >= 0.3 is 18.4 Å². The van der Waals surface area contributed by atoms with Gasteiger partial charge in [0, 0.05) is 25.4 Å². The molecule has 1 aromatic carbocycles. The van der Waals surface area contributed by atoms with Crippen LogP contribution in [0.25, 0.3) is 0 Å². The fourth-order valence-corrected chi connectivity index (χ4v) is 2.00. The molecule has 0 atom stereocenters. The molecule has 0 spiro atoms. The molecule has 0 aliphatic rings. The maximum absolute atomic E-state index is 13.5. The fraction of sp³-hybridized carbons (Fsp3) is 0.267. The van der Waals surface area contributed by atoms with Crippen LogP contribution in [-0.2, 0) is 16.0 Å². The van der Waals surface area contributed by atoms with Crippen molar-refractivity contribution in [2.75, 3.05) is 11.9 Å². The maximum atomic E-state index is 13.5. The molecule has 2 aromatic rings. The standard InChI is InChI=1S/C15H15F3N4O2/c1-9-2-3-10(16)11(8-9)21-14(24)13(23)20-5-4-12-19-6-7-22(12)15(17)18/h2-3,6-8,15H,4-5H2,1H3,(H,20,23)(H,21,24). The summed E-state index contributed by atoms with van der Waals surface area (Å²) in [7, 11) is 0. The zero-order valence-electron chi connectivity index (χ0n) is 12.7. The fourth-order valence-electron chi connectivity index (χ4n) is 2.00. The Bertz CT molecular complexity index is 746. The quantitative estimate of drug-likeness (QED) is 0.818. The van der Waals surface area contributed by atoms with E-state index < -0.39 is 24.2 Å². The van der Waals surface area contributed by atoms with Crippen LogP contribution in [0.3, 0.4) is 0 Å². The van der Waals surface area contributed by atoms with Crippen molar-refractivity contribution in [1.82, 2.24) is 14.9 Å². The van der Waals surface area contributed by atoms with Crippen molar-refractivity contribution in [3.63, 3.8) is 0 Å². The first-order valence-electron chi connectivity index (χ1n) is 7.03. The van der Waals surface area contributed by atoms with E-state index >= 15 is 0 Å². The molecule has 0 fully saturated rings. The van der Waals surface area contributed by atoms with Crippen LogP contribution in [0.2, 0.25) is 0 Å². The number of carbonyl (C=O) groups is 2. The largest absolute Gasteiger partial charge is 0.347 e. The summed E-state index contributed by atoms with van der Waals surface area (Å²) in [4.78, 5) is 27.1. The molecule has 1 aromatic heterocycles. The predicted molar refractivity (Wildman–Crippen MR) is 80.0 cm³/mol. The van der Waals surface area contributed by atoms with Gasteiger partial charge in [-0.2, -0.15) is 8.78 Å². The Morgan fingerprint density at radius 1 is 1.29 bits per heavy atom. The number of rotatable bonds is 5. The second-order valence-corrected chi connectivity index (χ2v) is 4.97. The van der Waals surface area contributed by atoms with E-state index in [1.165, 1.54) is 24.4 Å². The summed E-state index contributed by atoms with van der Waals surface area (Å²) in [6.07, 6.45) is 2.36. The molecule has 0 bridgehead atoms. The van der Waals surface area contributed by atoms with Crippen LogP contribution in [0.1, 0.15) is 17.9 Å². The highest BCUT2D eigenvalue weighted by Gasteiger charge is 2.16. The van der Waals surface area contributed by atoms with Gasteiger partial charge in [0.1, 0.15) is 11.6 Å². The van der Waals surface area contributed by atoms with Crippen molar-refractivity contribution < 1.29 is 22.8 Å². The molecule has 0 unspecified atom stereocenters. The normalized spacial score (nSPS) is 10.7. The van der Waals surface area contributed by atoms with Gasteiger partial charge < -0.3 is 10.6 Å². The van der Waals surface area contributed by atoms with Crippen LogP contribution in [-0.4, -0.2) is 27.9 Å². The van der Waals surface area contributed by atoms with E-state index in [0.717, 1.165) is 6.20 Å². The first kappa shape index (κ1) is 17.5. The van der Waals surface area contributed by atoms with Crippen LogP contribution in [0.15, 0.2) is 30.6 Å². The van der Waals surface area contributed by atoms with Crippen molar-refractivity contribution in [3.05, 3.63) is 47.8 Å². The van der Waals surface area contributed by atoms with E-state index in [4.69, 9.17) is 0 Å². The van der Waals surface area contributed by atoms with Crippen molar-refractivity contribution >= 4 is 17.5 Å². The van der Waals surface area contributed by atoms with Gasteiger partial charge in [-0.25, -0.2) is 9.37 Å². The first-order chi connectivity index (χ1) is 11.4. The molecule has 24 heavy (non-hydrogen) atoms. The highest BCUT2D eigenvalue weighted by atomic mass is 19.3. The lowest BCUT2D eigenvalue weighted by molar-refractivity contribution is -0.136. The Labute approximate surface area is 135 Å². The number of halogens is 3.